The van der Waals surface area contributed by atoms with E-state index in [9.17, 15) is 10.1 Å². The zero-order valence-electron chi connectivity index (χ0n) is 14.6. The Morgan fingerprint density at radius 2 is 1.96 bits per heavy atom. The van der Waals surface area contributed by atoms with Crippen LogP contribution in [-0.4, -0.2) is 19.1 Å². The van der Waals surface area contributed by atoms with Gasteiger partial charge in [-0.2, -0.15) is 5.26 Å². The van der Waals surface area contributed by atoms with Crippen molar-refractivity contribution in [1.82, 2.24) is 5.32 Å². The van der Waals surface area contributed by atoms with E-state index in [4.69, 9.17) is 4.74 Å². The molecule has 0 aromatic heterocycles. The van der Waals surface area contributed by atoms with Crippen molar-refractivity contribution in [3.63, 3.8) is 0 Å². The molecule has 1 atom stereocenters. The molecule has 1 N–H and O–H groups in total. The predicted molar refractivity (Wildman–Crippen MR) is 92.1 cm³/mol. The number of ether oxygens (including phenoxy) is 1. The maximum absolute atomic E-state index is 13.0. The third kappa shape index (κ3) is 3.32. The Bertz CT molecular complexity index is 654. The van der Waals surface area contributed by atoms with E-state index in [0.717, 1.165) is 19.3 Å². The van der Waals surface area contributed by atoms with Crippen molar-refractivity contribution < 1.29 is 9.53 Å². The highest BCUT2D eigenvalue weighted by Crippen LogP contribution is 2.40. The van der Waals surface area contributed by atoms with Gasteiger partial charge in [-0.05, 0) is 48.6 Å². The molecule has 0 radical (unpaired) electrons. The van der Waals surface area contributed by atoms with Gasteiger partial charge in [-0.3, -0.25) is 4.79 Å². The van der Waals surface area contributed by atoms with Crippen LogP contribution in [0.2, 0.25) is 0 Å². The topological polar surface area (TPSA) is 62.1 Å². The first-order valence-electron chi connectivity index (χ1n) is 8.84. The average Bonchev–Trinajstić information content (AvgIpc) is 2.72. The van der Waals surface area contributed by atoms with Gasteiger partial charge in [0.2, 0.25) is 5.91 Å². The van der Waals surface area contributed by atoms with Crippen LogP contribution in [-0.2, 0) is 16.0 Å². The molecule has 1 unspecified atom stereocenters. The van der Waals surface area contributed by atoms with E-state index in [1.54, 1.807) is 0 Å². The predicted octanol–water partition coefficient (Wildman–Crippen LogP) is 3.53. The quantitative estimate of drug-likeness (QED) is 0.846. The average molecular weight is 326 g/mol. The number of amides is 1. The number of aryl methyl sites for hydroxylation is 1. The summed E-state index contributed by atoms with van der Waals surface area (Å²) < 4.78 is 5.34. The summed E-state index contributed by atoms with van der Waals surface area (Å²) in [5.41, 5.74) is 1.73. The van der Waals surface area contributed by atoms with Crippen molar-refractivity contribution in [2.75, 3.05) is 13.2 Å². The van der Waals surface area contributed by atoms with Crippen molar-refractivity contribution in [3.05, 3.63) is 35.4 Å². The van der Waals surface area contributed by atoms with Gasteiger partial charge in [0.15, 0.2) is 0 Å². The molecule has 1 heterocycles. The fourth-order valence-corrected chi connectivity index (χ4v) is 3.87. The SMILES string of the molecule is CC1(C)CCc2ccccc2C(NC(=O)C2(C#N)CCOCC2)C1. The van der Waals surface area contributed by atoms with Gasteiger partial charge in [0.05, 0.1) is 12.1 Å². The highest BCUT2D eigenvalue weighted by Gasteiger charge is 2.42. The summed E-state index contributed by atoms with van der Waals surface area (Å²) in [5.74, 6) is -0.134. The standard InChI is InChI=1S/C20H26N2O2/c1-19(2)8-7-15-5-3-4-6-16(15)17(13-19)22-18(23)20(14-21)9-11-24-12-10-20/h3-6,17H,7-13H2,1-2H3,(H,22,23). The molecule has 1 aliphatic heterocycles. The summed E-state index contributed by atoms with van der Waals surface area (Å²) in [4.78, 5) is 13.0. The molecule has 0 bridgehead atoms. The van der Waals surface area contributed by atoms with Gasteiger partial charge in [-0.25, -0.2) is 0 Å². The molecule has 24 heavy (non-hydrogen) atoms. The lowest BCUT2D eigenvalue weighted by molar-refractivity contribution is -0.133. The molecule has 3 rings (SSSR count). The summed E-state index contributed by atoms with van der Waals surface area (Å²) in [6, 6.07) is 10.6. The zero-order chi connectivity index (χ0) is 17.2. The van der Waals surface area contributed by atoms with Gasteiger partial charge in [-0.15, -0.1) is 0 Å². The van der Waals surface area contributed by atoms with Gasteiger partial charge in [0.1, 0.15) is 5.41 Å². The van der Waals surface area contributed by atoms with E-state index in [1.165, 1.54) is 11.1 Å². The molecule has 4 heteroatoms. The number of hydrogen-bond donors (Lipinski definition) is 1. The second kappa shape index (κ2) is 6.57. The molecule has 1 amide bonds. The summed E-state index contributed by atoms with van der Waals surface area (Å²) in [5, 5.41) is 12.8. The first kappa shape index (κ1) is 17.0. The highest BCUT2D eigenvalue weighted by atomic mass is 16.5. The smallest absolute Gasteiger partial charge is 0.241 e. The monoisotopic (exact) mass is 326 g/mol. The molecule has 0 saturated carbocycles. The molecule has 4 nitrogen and oxygen atoms in total. The van der Waals surface area contributed by atoms with Crippen LogP contribution < -0.4 is 5.32 Å². The van der Waals surface area contributed by atoms with Crippen LogP contribution >= 0.6 is 0 Å². The molecule has 1 aliphatic carbocycles. The third-order valence-electron chi connectivity index (χ3n) is 5.56. The Hall–Kier alpha value is -1.86. The summed E-state index contributed by atoms with van der Waals surface area (Å²) in [6.07, 6.45) is 3.99. The number of carbonyl (C=O) groups excluding carboxylic acids is 1. The van der Waals surface area contributed by atoms with Crippen molar-refractivity contribution in [2.45, 2.75) is 52.0 Å². The van der Waals surface area contributed by atoms with E-state index >= 15 is 0 Å². The van der Waals surface area contributed by atoms with Crippen molar-refractivity contribution in [2.24, 2.45) is 10.8 Å². The first-order valence-corrected chi connectivity index (χ1v) is 8.84. The number of rotatable bonds is 2. The van der Waals surface area contributed by atoms with Crippen molar-refractivity contribution >= 4 is 5.91 Å². The van der Waals surface area contributed by atoms with Crippen LogP contribution in [0.1, 0.15) is 56.7 Å². The number of benzene rings is 1. The number of nitrogens with one attached hydrogen (secondary N) is 1. The zero-order valence-corrected chi connectivity index (χ0v) is 14.6. The molecule has 1 aromatic carbocycles. The second-order valence-corrected chi connectivity index (χ2v) is 7.90. The fourth-order valence-electron chi connectivity index (χ4n) is 3.87. The van der Waals surface area contributed by atoms with Crippen LogP contribution in [0.4, 0.5) is 0 Å². The molecular weight excluding hydrogens is 300 g/mol. The van der Waals surface area contributed by atoms with Crippen molar-refractivity contribution in [1.29, 1.82) is 5.26 Å². The first-order chi connectivity index (χ1) is 11.5. The Morgan fingerprint density at radius 3 is 2.67 bits per heavy atom. The van der Waals surface area contributed by atoms with E-state index < -0.39 is 5.41 Å². The Morgan fingerprint density at radius 1 is 1.25 bits per heavy atom. The maximum Gasteiger partial charge on any atom is 0.241 e. The fraction of sp³-hybridized carbons (Fsp3) is 0.600. The number of nitrogens with zero attached hydrogens (tertiary/aromatic N) is 1. The van der Waals surface area contributed by atoms with Gasteiger partial charge in [-0.1, -0.05) is 38.1 Å². The minimum Gasteiger partial charge on any atom is -0.381 e. The van der Waals surface area contributed by atoms with Gasteiger partial charge in [0, 0.05) is 13.2 Å². The van der Waals surface area contributed by atoms with E-state index in [1.807, 2.05) is 6.07 Å². The lowest BCUT2D eigenvalue weighted by Crippen LogP contribution is -2.45. The van der Waals surface area contributed by atoms with Crippen LogP contribution in [0.15, 0.2) is 24.3 Å². The Balaban J connectivity index is 1.87. The molecule has 1 fully saturated rings. The Labute approximate surface area is 144 Å². The van der Waals surface area contributed by atoms with Crippen LogP contribution in [0.3, 0.4) is 0 Å². The van der Waals surface area contributed by atoms with Crippen LogP contribution in [0, 0.1) is 22.2 Å². The Kier molecular flexibility index (Phi) is 4.64. The van der Waals surface area contributed by atoms with Gasteiger partial charge in [0.25, 0.3) is 0 Å². The van der Waals surface area contributed by atoms with E-state index in [2.05, 4.69) is 43.4 Å². The second-order valence-electron chi connectivity index (χ2n) is 7.90. The normalized spacial score (nSPS) is 25.0. The number of nitriles is 1. The van der Waals surface area contributed by atoms with Gasteiger partial charge < -0.3 is 10.1 Å². The van der Waals surface area contributed by atoms with E-state index in [0.29, 0.717) is 26.1 Å². The van der Waals surface area contributed by atoms with E-state index in [-0.39, 0.29) is 17.4 Å². The maximum atomic E-state index is 13.0. The summed E-state index contributed by atoms with van der Waals surface area (Å²) in [7, 11) is 0. The molecular formula is C20H26N2O2. The minimum absolute atomic E-state index is 0.0285. The van der Waals surface area contributed by atoms with Crippen molar-refractivity contribution in [3.8, 4) is 6.07 Å². The number of hydrogen-bond acceptors (Lipinski definition) is 3. The van der Waals surface area contributed by atoms with Gasteiger partial charge >= 0.3 is 0 Å². The van der Waals surface area contributed by atoms with Crippen LogP contribution in [0.25, 0.3) is 0 Å². The number of fused-ring (bicyclic) bond motifs is 1. The molecule has 128 valence electrons. The molecule has 1 aromatic rings. The lowest BCUT2D eigenvalue weighted by Gasteiger charge is -2.33. The largest absolute Gasteiger partial charge is 0.381 e. The molecule has 2 aliphatic rings. The third-order valence-corrected chi connectivity index (χ3v) is 5.56. The summed E-state index contributed by atoms with van der Waals surface area (Å²) >= 11 is 0. The number of carbonyl (C=O) groups is 1. The molecule has 0 spiro atoms. The highest BCUT2D eigenvalue weighted by molar-refractivity contribution is 5.86. The summed E-state index contributed by atoms with van der Waals surface area (Å²) in [6.45, 7) is 5.47. The minimum atomic E-state index is -0.941. The molecule has 1 saturated heterocycles. The van der Waals surface area contributed by atoms with Crippen LogP contribution in [0.5, 0.6) is 0 Å². The lowest BCUT2D eigenvalue weighted by atomic mass is 9.79.